The van der Waals surface area contributed by atoms with Gasteiger partial charge in [-0.25, -0.2) is 4.39 Å². The highest BCUT2D eigenvalue weighted by Crippen LogP contribution is 2.27. The molecular formula is C19H25ClFN6O+. The van der Waals surface area contributed by atoms with Crippen molar-refractivity contribution in [1.29, 1.82) is 0 Å². The quantitative estimate of drug-likeness (QED) is 0.341. The summed E-state index contributed by atoms with van der Waals surface area (Å²) in [6.45, 7) is 3.87. The third-order valence-electron chi connectivity index (χ3n) is 5.36. The van der Waals surface area contributed by atoms with Crippen LogP contribution in [0.15, 0.2) is 29.6 Å². The minimum Gasteiger partial charge on any atom is -0.391 e. The number of anilines is 1. The second-order valence-corrected chi connectivity index (χ2v) is 7.65. The van der Waals surface area contributed by atoms with E-state index >= 15 is 0 Å². The monoisotopic (exact) mass is 407 g/mol. The Morgan fingerprint density at radius 2 is 2.18 bits per heavy atom. The first-order valence-corrected chi connectivity index (χ1v) is 9.89. The first-order valence-electron chi connectivity index (χ1n) is 9.51. The molecule has 1 saturated heterocycles. The van der Waals surface area contributed by atoms with Crippen molar-refractivity contribution in [3.8, 4) is 0 Å². The lowest BCUT2D eigenvalue weighted by Gasteiger charge is -2.20. The Morgan fingerprint density at radius 3 is 2.93 bits per heavy atom. The predicted molar refractivity (Wildman–Crippen MR) is 106 cm³/mol. The summed E-state index contributed by atoms with van der Waals surface area (Å²) in [4.78, 5) is 7.61. The van der Waals surface area contributed by atoms with Gasteiger partial charge in [-0.1, -0.05) is 16.8 Å². The SMILES string of the molecule is C[n+]1ccc2n1CCN2Cc1c(F)cc(C(N)=NOC2CCNCC2)cc1Cl. The number of rotatable bonds is 5. The molecule has 28 heavy (non-hydrogen) atoms. The van der Waals surface area contributed by atoms with Gasteiger partial charge in [-0.15, -0.1) is 9.36 Å². The highest BCUT2D eigenvalue weighted by Gasteiger charge is 2.26. The van der Waals surface area contributed by atoms with Gasteiger partial charge in [0.2, 0.25) is 0 Å². The van der Waals surface area contributed by atoms with Crippen molar-refractivity contribution in [2.45, 2.75) is 32.0 Å². The van der Waals surface area contributed by atoms with Crippen molar-refractivity contribution < 1.29 is 13.9 Å². The van der Waals surface area contributed by atoms with Gasteiger partial charge in [-0.05, 0) is 38.1 Å². The highest BCUT2D eigenvalue weighted by atomic mass is 35.5. The number of aromatic nitrogens is 2. The maximum atomic E-state index is 14.8. The van der Waals surface area contributed by atoms with E-state index in [4.69, 9.17) is 22.2 Å². The van der Waals surface area contributed by atoms with Crippen molar-refractivity contribution in [2.75, 3.05) is 24.5 Å². The number of nitrogens with one attached hydrogen (secondary N) is 1. The number of halogens is 2. The zero-order valence-corrected chi connectivity index (χ0v) is 16.6. The average molecular weight is 408 g/mol. The number of aryl methyl sites for hydroxylation is 1. The number of amidine groups is 1. The molecule has 1 fully saturated rings. The largest absolute Gasteiger partial charge is 0.391 e. The summed E-state index contributed by atoms with van der Waals surface area (Å²) in [5, 5.41) is 7.59. The molecule has 1 aromatic carbocycles. The van der Waals surface area contributed by atoms with Crippen LogP contribution in [-0.4, -0.2) is 36.3 Å². The Bertz CT molecular complexity index is 870. The Morgan fingerprint density at radius 1 is 1.39 bits per heavy atom. The van der Waals surface area contributed by atoms with E-state index in [2.05, 4.69) is 20.1 Å². The molecule has 0 radical (unpaired) electrons. The van der Waals surface area contributed by atoms with Crippen LogP contribution in [0.5, 0.6) is 0 Å². The molecule has 150 valence electrons. The van der Waals surface area contributed by atoms with Gasteiger partial charge in [0, 0.05) is 29.2 Å². The van der Waals surface area contributed by atoms with Gasteiger partial charge >= 0.3 is 0 Å². The van der Waals surface area contributed by atoms with E-state index in [-0.39, 0.29) is 11.9 Å². The molecule has 2 aromatic rings. The summed E-state index contributed by atoms with van der Waals surface area (Å²) < 4.78 is 19.0. The molecule has 0 aliphatic carbocycles. The molecular weight excluding hydrogens is 383 g/mol. The second kappa shape index (κ2) is 7.97. The van der Waals surface area contributed by atoms with E-state index < -0.39 is 5.82 Å². The number of oxime groups is 1. The van der Waals surface area contributed by atoms with Crippen LogP contribution in [0.4, 0.5) is 10.2 Å². The van der Waals surface area contributed by atoms with E-state index in [1.807, 2.05) is 24.0 Å². The molecule has 0 amide bonds. The number of hydrogen-bond donors (Lipinski definition) is 2. The first-order chi connectivity index (χ1) is 13.5. The molecule has 7 nitrogen and oxygen atoms in total. The molecule has 0 unspecified atom stereocenters. The normalized spacial score (nSPS) is 17.8. The van der Waals surface area contributed by atoms with Gasteiger partial charge < -0.3 is 20.8 Å². The topological polar surface area (TPSA) is 71.7 Å². The molecule has 0 bridgehead atoms. The fraction of sp³-hybridized carbons (Fsp3) is 0.474. The van der Waals surface area contributed by atoms with Crippen LogP contribution in [0.3, 0.4) is 0 Å². The molecule has 3 N–H and O–H groups in total. The van der Waals surface area contributed by atoms with Gasteiger partial charge in [0.1, 0.15) is 11.9 Å². The summed E-state index contributed by atoms with van der Waals surface area (Å²) in [5.74, 6) is 0.795. The number of hydrogen-bond acceptors (Lipinski definition) is 4. The van der Waals surface area contributed by atoms with E-state index in [9.17, 15) is 4.39 Å². The molecule has 2 aliphatic rings. The molecule has 2 aliphatic heterocycles. The number of nitrogens with zero attached hydrogens (tertiary/aromatic N) is 4. The molecule has 3 heterocycles. The fourth-order valence-corrected chi connectivity index (χ4v) is 3.98. The average Bonchev–Trinajstić information content (AvgIpc) is 3.26. The van der Waals surface area contributed by atoms with E-state index in [0.29, 0.717) is 22.7 Å². The second-order valence-electron chi connectivity index (χ2n) is 7.24. The summed E-state index contributed by atoms with van der Waals surface area (Å²) in [5.41, 5.74) is 6.88. The lowest BCUT2D eigenvalue weighted by molar-refractivity contribution is -0.751. The number of fused-ring (bicyclic) bond motifs is 1. The summed E-state index contributed by atoms with van der Waals surface area (Å²) >= 11 is 6.40. The zero-order chi connectivity index (χ0) is 19.7. The van der Waals surface area contributed by atoms with Crippen LogP contribution in [0.1, 0.15) is 24.0 Å². The van der Waals surface area contributed by atoms with Gasteiger partial charge in [0.05, 0.1) is 12.6 Å². The van der Waals surface area contributed by atoms with Gasteiger partial charge in [-0.3, -0.25) is 0 Å². The van der Waals surface area contributed by atoms with Gasteiger partial charge in [0.15, 0.2) is 24.9 Å². The lowest BCUT2D eigenvalue weighted by atomic mass is 10.1. The van der Waals surface area contributed by atoms with Crippen LogP contribution >= 0.6 is 11.6 Å². The fourth-order valence-electron chi connectivity index (χ4n) is 3.71. The van der Waals surface area contributed by atoms with Crippen LogP contribution in [0.2, 0.25) is 5.02 Å². The van der Waals surface area contributed by atoms with E-state index in [1.165, 1.54) is 6.07 Å². The number of nitrogens with two attached hydrogens (primary N) is 1. The Kier molecular flexibility index (Phi) is 5.41. The molecule has 1 aromatic heterocycles. The smallest absolute Gasteiger partial charge is 0.197 e. The van der Waals surface area contributed by atoms with E-state index in [0.717, 1.165) is 44.8 Å². The van der Waals surface area contributed by atoms with Crippen molar-refractivity contribution in [2.24, 2.45) is 17.9 Å². The molecule has 0 atom stereocenters. The molecule has 9 heteroatoms. The van der Waals surface area contributed by atoms with Crippen LogP contribution in [-0.2, 0) is 25.0 Å². The Balaban J connectivity index is 1.49. The van der Waals surface area contributed by atoms with Crippen LogP contribution in [0, 0.1) is 5.82 Å². The third kappa shape index (κ3) is 3.79. The van der Waals surface area contributed by atoms with Crippen molar-refractivity contribution in [1.82, 2.24) is 10.00 Å². The standard InChI is InChI=1S/C19H25ClFN6O/c1-25-7-4-18-26(8-9-27(18)25)12-15-16(20)10-13(11-17(15)21)19(22)24-28-14-2-5-23-6-3-14/h4,7,10-11,14,23H,2-3,5-6,8-9,12H2,1H3,(H2,22,24)/q+1. The maximum Gasteiger partial charge on any atom is 0.197 e. The molecule has 0 spiro atoms. The molecule has 4 rings (SSSR count). The summed E-state index contributed by atoms with van der Waals surface area (Å²) in [6, 6.07) is 5.05. The van der Waals surface area contributed by atoms with Gasteiger partial charge in [-0.2, -0.15) is 0 Å². The molecule has 0 saturated carbocycles. The summed E-state index contributed by atoms with van der Waals surface area (Å²) in [7, 11) is 1.99. The van der Waals surface area contributed by atoms with Crippen molar-refractivity contribution in [3.05, 3.63) is 46.4 Å². The number of benzene rings is 1. The highest BCUT2D eigenvalue weighted by molar-refractivity contribution is 6.31. The zero-order valence-electron chi connectivity index (χ0n) is 15.9. The minimum absolute atomic E-state index is 0.0344. The van der Waals surface area contributed by atoms with Crippen molar-refractivity contribution in [3.63, 3.8) is 0 Å². The van der Waals surface area contributed by atoms with Gasteiger partial charge in [0.25, 0.3) is 0 Å². The minimum atomic E-state index is -0.392. The predicted octanol–water partition coefficient (Wildman–Crippen LogP) is 1.51. The van der Waals surface area contributed by atoms with E-state index in [1.54, 1.807) is 6.07 Å². The third-order valence-corrected chi connectivity index (χ3v) is 5.70. The van der Waals surface area contributed by atoms with Crippen molar-refractivity contribution >= 4 is 23.3 Å². The maximum absolute atomic E-state index is 14.8. The number of piperidine rings is 1. The first kappa shape index (κ1) is 19.0. The summed E-state index contributed by atoms with van der Waals surface area (Å²) in [6.07, 6.45) is 3.77. The van der Waals surface area contributed by atoms with Crippen LogP contribution < -0.4 is 20.6 Å². The lowest BCUT2D eigenvalue weighted by Crippen LogP contribution is -2.37. The Hall–Kier alpha value is -2.32. The van der Waals surface area contributed by atoms with Crippen LogP contribution in [0.25, 0.3) is 0 Å². The Labute approximate surface area is 168 Å².